The van der Waals surface area contributed by atoms with Gasteiger partial charge in [0, 0.05) is 12.2 Å². The fourth-order valence-electron chi connectivity index (χ4n) is 10.2. The smallest absolute Gasteiger partial charge is 0.0151 e. The van der Waals surface area contributed by atoms with E-state index in [4.69, 9.17) is 0 Å². The third-order valence-electron chi connectivity index (χ3n) is 12.2. The SMILES string of the molecule is C=C(CCC(C)C1CCC2C3CCC4CC(CCCNC)CCC4(C)C3CCC12C)NCCCS. The second-order valence-electron chi connectivity index (χ2n) is 13.9. The van der Waals surface area contributed by atoms with Gasteiger partial charge in [0.25, 0.3) is 0 Å². The van der Waals surface area contributed by atoms with Crippen LogP contribution >= 0.6 is 12.6 Å². The number of hydrogen-bond donors (Lipinski definition) is 3. The highest BCUT2D eigenvalue weighted by atomic mass is 32.1. The molecule has 0 aromatic rings. The average Bonchev–Trinajstić information content (AvgIpc) is 3.20. The molecule has 0 amide bonds. The molecule has 9 atom stereocenters. The molecule has 3 heteroatoms. The van der Waals surface area contributed by atoms with Crippen LogP contribution in [0.4, 0.5) is 0 Å². The van der Waals surface area contributed by atoms with Gasteiger partial charge in [0.15, 0.2) is 0 Å². The lowest BCUT2D eigenvalue weighted by Gasteiger charge is -2.61. The molecule has 0 bridgehead atoms. The summed E-state index contributed by atoms with van der Waals surface area (Å²) >= 11 is 4.33. The predicted octanol–water partition coefficient (Wildman–Crippen LogP) is 8.10. The summed E-state index contributed by atoms with van der Waals surface area (Å²) in [5.41, 5.74) is 2.48. The molecule has 2 N–H and O–H groups in total. The molecule has 35 heavy (non-hydrogen) atoms. The first-order valence-corrected chi connectivity index (χ1v) is 16.1. The largest absolute Gasteiger partial charge is 0.389 e. The van der Waals surface area contributed by atoms with Gasteiger partial charge in [0.1, 0.15) is 0 Å². The van der Waals surface area contributed by atoms with Crippen molar-refractivity contribution in [3.05, 3.63) is 12.3 Å². The van der Waals surface area contributed by atoms with Gasteiger partial charge in [-0.1, -0.05) is 27.4 Å². The Morgan fingerprint density at radius 2 is 1.74 bits per heavy atom. The normalized spacial score (nSPS) is 41.5. The molecule has 0 spiro atoms. The Labute approximate surface area is 224 Å². The van der Waals surface area contributed by atoms with Gasteiger partial charge in [0.2, 0.25) is 0 Å². The zero-order chi connectivity index (χ0) is 25.1. The monoisotopic (exact) mass is 502 g/mol. The van der Waals surface area contributed by atoms with Gasteiger partial charge < -0.3 is 10.6 Å². The number of hydrogen-bond acceptors (Lipinski definition) is 3. The Hall–Kier alpha value is -0.150. The van der Waals surface area contributed by atoms with Crippen LogP contribution in [0.25, 0.3) is 0 Å². The Morgan fingerprint density at radius 3 is 2.51 bits per heavy atom. The Balaban J connectivity index is 1.34. The zero-order valence-electron chi connectivity index (χ0n) is 23.7. The van der Waals surface area contributed by atoms with Crippen molar-refractivity contribution in [3.63, 3.8) is 0 Å². The standard InChI is InChI=1S/C32H58N2S/c1-23(9-10-24(2)34-20-7-21-35)28-13-14-29-27-12-11-26-22-25(8-6-19-33-5)15-17-31(26,3)30(27)16-18-32(28,29)4/h23,25-30,33-35H,2,6-22H2,1,3-5H3. The van der Waals surface area contributed by atoms with Crippen molar-refractivity contribution in [3.8, 4) is 0 Å². The summed E-state index contributed by atoms with van der Waals surface area (Å²) in [5, 5.41) is 6.89. The Kier molecular flexibility index (Phi) is 9.67. The number of thiol groups is 1. The van der Waals surface area contributed by atoms with Crippen LogP contribution in [0.2, 0.25) is 0 Å². The van der Waals surface area contributed by atoms with Crippen molar-refractivity contribution in [1.29, 1.82) is 0 Å². The topological polar surface area (TPSA) is 24.1 Å². The summed E-state index contributed by atoms with van der Waals surface area (Å²) in [6.45, 7) is 14.6. The number of rotatable bonds is 12. The summed E-state index contributed by atoms with van der Waals surface area (Å²) in [6.07, 6.45) is 20.1. The van der Waals surface area contributed by atoms with Crippen molar-refractivity contribution in [2.75, 3.05) is 25.9 Å². The van der Waals surface area contributed by atoms with E-state index in [1.807, 2.05) is 0 Å². The lowest BCUT2D eigenvalue weighted by Crippen LogP contribution is -2.53. The summed E-state index contributed by atoms with van der Waals surface area (Å²) in [5.74, 6) is 7.75. The molecule has 0 aromatic carbocycles. The zero-order valence-corrected chi connectivity index (χ0v) is 24.6. The molecule has 9 unspecified atom stereocenters. The van der Waals surface area contributed by atoms with Crippen molar-refractivity contribution in [2.45, 2.75) is 111 Å². The van der Waals surface area contributed by atoms with Crippen LogP contribution < -0.4 is 10.6 Å². The van der Waals surface area contributed by atoms with Gasteiger partial charge >= 0.3 is 0 Å². The summed E-state index contributed by atoms with van der Waals surface area (Å²) in [7, 11) is 2.10. The van der Waals surface area contributed by atoms with Crippen molar-refractivity contribution >= 4 is 12.6 Å². The van der Waals surface area contributed by atoms with Gasteiger partial charge in [-0.15, -0.1) is 0 Å². The highest BCUT2D eigenvalue weighted by Gasteiger charge is 2.60. The van der Waals surface area contributed by atoms with E-state index in [9.17, 15) is 0 Å². The quantitative estimate of drug-likeness (QED) is 0.185. The minimum Gasteiger partial charge on any atom is -0.389 e. The van der Waals surface area contributed by atoms with Gasteiger partial charge in [-0.05, 0) is 161 Å². The average molecular weight is 503 g/mol. The molecule has 202 valence electrons. The number of allylic oxidation sites excluding steroid dienone is 1. The number of nitrogens with one attached hydrogen (secondary N) is 2. The first kappa shape index (κ1) is 27.9. The lowest BCUT2D eigenvalue weighted by molar-refractivity contribution is -0.121. The third-order valence-corrected chi connectivity index (χ3v) is 12.5. The summed E-state index contributed by atoms with van der Waals surface area (Å²) in [6, 6.07) is 0. The van der Waals surface area contributed by atoms with E-state index >= 15 is 0 Å². The highest BCUT2D eigenvalue weighted by molar-refractivity contribution is 7.80. The van der Waals surface area contributed by atoms with E-state index in [1.165, 1.54) is 82.9 Å². The molecule has 0 aliphatic heterocycles. The maximum Gasteiger partial charge on any atom is 0.0151 e. The molecular formula is C32H58N2S. The highest BCUT2D eigenvalue weighted by Crippen LogP contribution is 2.68. The maximum absolute atomic E-state index is 4.33. The first-order valence-electron chi connectivity index (χ1n) is 15.5. The predicted molar refractivity (Wildman–Crippen MR) is 156 cm³/mol. The van der Waals surface area contributed by atoms with Crippen LogP contribution in [0.5, 0.6) is 0 Å². The molecule has 2 nitrogen and oxygen atoms in total. The molecule has 4 fully saturated rings. The minimum atomic E-state index is 0.592. The molecule has 4 rings (SSSR count). The van der Waals surface area contributed by atoms with E-state index < -0.39 is 0 Å². The molecule has 4 aliphatic rings. The van der Waals surface area contributed by atoms with Crippen LogP contribution in [-0.4, -0.2) is 25.9 Å². The molecule has 4 aliphatic carbocycles. The van der Waals surface area contributed by atoms with E-state index in [1.54, 1.807) is 6.42 Å². The van der Waals surface area contributed by atoms with Gasteiger partial charge in [-0.3, -0.25) is 0 Å². The maximum atomic E-state index is 4.33. The fourth-order valence-corrected chi connectivity index (χ4v) is 10.3. The Morgan fingerprint density at radius 1 is 0.971 bits per heavy atom. The fraction of sp³-hybridized carbons (Fsp3) is 0.938. The van der Waals surface area contributed by atoms with E-state index in [0.717, 1.165) is 66.6 Å². The van der Waals surface area contributed by atoms with Crippen molar-refractivity contribution in [2.24, 2.45) is 52.3 Å². The summed E-state index contributed by atoms with van der Waals surface area (Å²) in [4.78, 5) is 0. The minimum absolute atomic E-state index is 0.592. The number of fused-ring (bicyclic) bond motifs is 5. The molecular weight excluding hydrogens is 444 g/mol. The molecule has 4 saturated carbocycles. The van der Waals surface area contributed by atoms with E-state index in [-0.39, 0.29) is 0 Å². The Bertz CT molecular complexity index is 693. The first-order chi connectivity index (χ1) is 16.8. The van der Waals surface area contributed by atoms with Crippen LogP contribution in [0, 0.1) is 52.3 Å². The van der Waals surface area contributed by atoms with Crippen molar-refractivity contribution in [1.82, 2.24) is 10.6 Å². The molecule has 0 saturated heterocycles. The van der Waals surface area contributed by atoms with Gasteiger partial charge in [-0.2, -0.15) is 12.6 Å². The second kappa shape index (κ2) is 12.1. The van der Waals surface area contributed by atoms with Crippen LogP contribution in [-0.2, 0) is 0 Å². The van der Waals surface area contributed by atoms with E-state index in [0.29, 0.717) is 10.8 Å². The molecule has 0 heterocycles. The van der Waals surface area contributed by atoms with Crippen LogP contribution in [0.3, 0.4) is 0 Å². The third kappa shape index (κ3) is 5.81. The van der Waals surface area contributed by atoms with Gasteiger partial charge in [-0.25, -0.2) is 0 Å². The van der Waals surface area contributed by atoms with Crippen LogP contribution in [0.15, 0.2) is 12.3 Å². The lowest BCUT2D eigenvalue weighted by atomic mass is 9.44. The van der Waals surface area contributed by atoms with Crippen molar-refractivity contribution < 1.29 is 0 Å². The molecule has 0 radical (unpaired) electrons. The molecule has 0 aromatic heterocycles. The van der Waals surface area contributed by atoms with Gasteiger partial charge in [0.05, 0.1) is 0 Å². The second-order valence-corrected chi connectivity index (χ2v) is 14.3. The summed E-state index contributed by atoms with van der Waals surface area (Å²) < 4.78 is 0. The van der Waals surface area contributed by atoms with Crippen LogP contribution in [0.1, 0.15) is 111 Å². The van der Waals surface area contributed by atoms with E-state index in [2.05, 4.69) is 57.7 Å².